The first-order chi connectivity index (χ1) is 19.8. The maximum Gasteiger partial charge on any atom is 0.255 e. The second-order valence-corrected chi connectivity index (χ2v) is 10.0. The second-order valence-electron chi connectivity index (χ2n) is 10.0. The number of anilines is 1. The first-order valence-corrected chi connectivity index (χ1v) is 13.1. The van der Waals surface area contributed by atoms with Gasteiger partial charge in [0.2, 0.25) is 5.89 Å². The summed E-state index contributed by atoms with van der Waals surface area (Å²) in [7, 11) is 7.10. The van der Waals surface area contributed by atoms with Gasteiger partial charge in [-0.05, 0) is 72.6 Å². The Bertz CT molecular complexity index is 1900. The lowest BCUT2D eigenvalue weighted by Gasteiger charge is -2.19. The van der Waals surface area contributed by atoms with Crippen LogP contribution in [0.2, 0.25) is 0 Å². The average Bonchev–Trinajstić information content (AvgIpc) is 3.57. The molecular formula is C33H28FN3O4. The third-order valence-electron chi connectivity index (χ3n) is 7.16. The molecule has 0 aliphatic carbocycles. The summed E-state index contributed by atoms with van der Waals surface area (Å²) in [6.07, 6.45) is 0. The van der Waals surface area contributed by atoms with E-state index >= 15 is 0 Å². The van der Waals surface area contributed by atoms with Crippen LogP contribution in [0.1, 0.15) is 15.9 Å². The predicted octanol–water partition coefficient (Wildman–Crippen LogP) is 7.46. The summed E-state index contributed by atoms with van der Waals surface area (Å²) in [5, 5.41) is 3.36. The molecule has 0 radical (unpaired) electrons. The van der Waals surface area contributed by atoms with E-state index in [1.54, 1.807) is 26.3 Å². The zero-order valence-electron chi connectivity index (χ0n) is 23.3. The molecule has 0 saturated heterocycles. The molecule has 6 aromatic rings. The number of nitrogens with zero attached hydrogens (tertiary/aromatic N) is 2. The van der Waals surface area contributed by atoms with E-state index in [4.69, 9.17) is 18.6 Å². The minimum atomic E-state index is -0.367. The highest BCUT2D eigenvalue weighted by Crippen LogP contribution is 2.44. The van der Waals surface area contributed by atoms with Crippen LogP contribution in [-0.4, -0.2) is 39.1 Å². The summed E-state index contributed by atoms with van der Waals surface area (Å²) in [5.41, 5.74) is 7.23. The fraction of sp³-hybridized carbons (Fsp3) is 0.152. The predicted molar refractivity (Wildman–Crippen MR) is 159 cm³/mol. The first-order valence-electron chi connectivity index (χ1n) is 13.1. The van der Waals surface area contributed by atoms with Gasteiger partial charge in [0.15, 0.2) is 5.58 Å². The van der Waals surface area contributed by atoms with Gasteiger partial charge in [-0.3, -0.25) is 4.79 Å². The maximum absolute atomic E-state index is 13.7. The van der Waals surface area contributed by atoms with Crippen LogP contribution in [0.3, 0.4) is 0 Å². The fourth-order valence-corrected chi connectivity index (χ4v) is 5.24. The van der Waals surface area contributed by atoms with Crippen molar-refractivity contribution >= 4 is 33.7 Å². The number of methoxy groups -OCH3 is 1. The average molecular weight is 550 g/mol. The van der Waals surface area contributed by atoms with Gasteiger partial charge in [-0.15, -0.1) is 0 Å². The maximum atomic E-state index is 13.7. The number of ether oxygens (including phenoxy) is 1. The molecule has 1 amide bonds. The fourth-order valence-electron chi connectivity index (χ4n) is 5.24. The number of hydrogen-bond donors (Lipinski definition) is 1. The molecule has 8 heteroatoms. The summed E-state index contributed by atoms with van der Waals surface area (Å²) in [6, 6.07) is 21.4. The summed E-state index contributed by atoms with van der Waals surface area (Å²) >= 11 is 0. The molecule has 0 unspecified atom stereocenters. The van der Waals surface area contributed by atoms with E-state index in [9.17, 15) is 9.18 Å². The molecule has 7 nitrogen and oxygen atoms in total. The molecule has 0 atom stereocenters. The highest BCUT2D eigenvalue weighted by atomic mass is 19.1. The molecule has 0 bridgehead atoms. The van der Waals surface area contributed by atoms with Crippen LogP contribution in [0.25, 0.3) is 56.0 Å². The molecule has 0 aliphatic rings. The number of benzene rings is 4. The van der Waals surface area contributed by atoms with Gasteiger partial charge in [0.25, 0.3) is 5.91 Å². The van der Waals surface area contributed by atoms with Gasteiger partial charge in [-0.25, -0.2) is 9.37 Å². The molecule has 0 fully saturated rings. The Kier molecular flexibility index (Phi) is 6.46. The zero-order chi connectivity index (χ0) is 28.8. The smallest absolute Gasteiger partial charge is 0.255 e. The lowest BCUT2D eigenvalue weighted by Crippen LogP contribution is -2.18. The van der Waals surface area contributed by atoms with Gasteiger partial charge in [0.05, 0.1) is 18.2 Å². The molecule has 2 aromatic heterocycles. The van der Waals surface area contributed by atoms with Crippen molar-refractivity contribution < 1.29 is 22.8 Å². The van der Waals surface area contributed by atoms with Gasteiger partial charge in [0.1, 0.15) is 28.4 Å². The molecule has 1 N–H and O–H groups in total. The lowest BCUT2D eigenvalue weighted by molar-refractivity contribution is 0.0964. The van der Waals surface area contributed by atoms with Crippen LogP contribution < -0.4 is 15.0 Å². The zero-order valence-corrected chi connectivity index (χ0v) is 23.3. The minimum absolute atomic E-state index is 0.301. The number of halogens is 1. The van der Waals surface area contributed by atoms with Gasteiger partial charge in [-0.2, -0.15) is 0 Å². The van der Waals surface area contributed by atoms with E-state index in [0.717, 1.165) is 27.9 Å². The number of fused-ring (bicyclic) bond motifs is 2. The van der Waals surface area contributed by atoms with Gasteiger partial charge < -0.3 is 23.8 Å². The number of carbonyl (C=O) groups excluding carboxylic acids is 1. The van der Waals surface area contributed by atoms with Crippen LogP contribution in [0.4, 0.5) is 10.1 Å². The van der Waals surface area contributed by atoms with Crippen LogP contribution in [0, 0.1) is 12.7 Å². The van der Waals surface area contributed by atoms with E-state index in [0.29, 0.717) is 50.6 Å². The standard InChI is InChI=1S/C33H28FN3O4/c1-18-14-20(15-24(30(18)39-5)33-36-25-8-6-7-9-27(25)41-33)22-16-23-28(17-26(22)37(3)4)40-31(29(23)32(38)35-2)19-10-12-21(34)13-11-19/h6-17H,1-5H3,(H,35,38). The van der Waals surface area contributed by atoms with Gasteiger partial charge >= 0.3 is 0 Å². The molecule has 2 heterocycles. The highest BCUT2D eigenvalue weighted by Gasteiger charge is 2.25. The Morgan fingerprint density at radius 1 is 0.927 bits per heavy atom. The van der Waals surface area contributed by atoms with Crippen molar-refractivity contribution in [1.29, 1.82) is 0 Å². The van der Waals surface area contributed by atoms with Crippen LogP contribution >= 0.6 is 0 Å². The van der Waals surface area contributed by atoms with E-state index < -0.39 is 0 Å². The minimum Gasteiger partial charge on any atom is -0.496 e. The third-order valence-corrected chi connectivity index (χ3v) is 7.16. The number of para-hydroxylation sites is 2. The lowest BCUT2D eigenvalue weighted by atomic mass is 9.95. The Hall–Kier alpha value is -5.11. The third kappa shape index (κ3) is 4.47. The Balaban J connectivity index is 1.61. The molecule has 0 aliphatic heterocycles. The van der Waals surface area contributed by atoms with Crippen molar-refractivity contribution in [3.63, 3.8) is 0 Å². The number of nitrogens with one attached hydrogen (secondary N) is 1. The normalized spacial score (nSPS) is 11.3. The summed E-state index contributed by atoms with van der Waals surface area (Å²) in [6.45, 7) is 1.97. The molecule has 0 saturated carbocycles. The van der Waals surface area contributed by atoms with Gasteiger partial charge in [-0.1, -0.05) is 12.1 Å². The first kappa shape index (κ1) is 26.1. The molecular weight excluding hydrogens is 521 g/mol. The van der Waals surface area contributed by atoms with Crippen molar-refractivity contribution in [1.82, 2.24) is 10.3 Å². The van der Waals surface area contributed by atoms with Crippen molar-refractivity contribution in [3.05, 3.63) is 89.7 Å². The summed E-state index contributed by atoms with van der Waals surface area (Å²) in [4.78, 5) is 19.9. The number of oxazole rings is 1. The van der Waals surface area contributed by atoms with Crippen molar-refractivity contribution in [2.75, 3.05) is 33.2 Å². The Morgan fingerprint density at radius 2 is 1.68 bits per heavy atom. The molecule has 206 valence electrons. The van der Waals surface area contributed by atoms with Crippen molar-refractivity contribution in [2.24, 2.45) is 0 Å². The van der Waals surface area contributed by atoms with Crippen molar-refractivity contribution in [3.8, 4) is 39.7 Å². The Labute approximate surface area is 236 Å². The molecule has 6 rings (SSSR count). The second kappa shape index (κ2) is 10.1. The number of furan rings is 1. The SMILES string of the molecule is CNC(=O)c1c(-c2ccc(F)cc2)oc2cc(N(C)C)c(-c3cc(C)c(OC)c(-c4nc5ccccc5o4)c3)cc12. The number of aromatic nitrogens is 1. The van der Waals surface area contributed by atoms with Gasteiger partial charge in [0, 0.05) is 49.4 Å². The topological polar surface area (TPSA) is 80.7 Å². The molecule has 4 aromatic carbocycles. The molecule has 41 heavy (non-hydrogen) atoms. The van der Waals surface area contributed by atoms with E-state index in [1.165, 1.54) is 12.1 Å². The number of rotatable bonds is 6. The number of hydrogen-bond acceptors (Lipinski definition) is 6. The largest absolute Gasteiger partial charge is 0.496 e. The Morgan fingerprint density at radius 3 is 2.37 bits per heavy atom. The quantitative estimate of drug-likeness (QED) is 0.232. The highest BCUT2D eigenvalue weighted by molar-refractivity contribution is 6.13. The monoisotopic (exact) mass is 549 g/mol. The van der Waals surface area contributed by atoms with E-state index in [1.807, 2.05) is 74.4 Å². The van der Waals surface area contributed by atoms with E-state index in [-0.39, 0.29) is 11.7 Å². The van der Waals surface area contributed by atoms with E-state index in [2.05, 4.69) is 5.32 Å². The van der Waals surface area contributed by atoms with Crippen LogP contribution in [0.5, 0.6) is 5.75 Å². The van der Waals surface area contributed by atoms with Crippen LogP contribution in [0.15, 0.2) is 81.6 Å². The molecule has 0 spiro atoms. The van der Waals surface area contributed by atoms with Crippen molar-refractivity contribution in [2.45, 2.75) is 6.92 Å². The number of amides is 1. The number of aryl methyl sites for hydroxylation is 1. The summed E-state index contributed by atoms with van der Waals surface area (Å²) in [5.74, 6) is 0.825. The van der Waals surface area contributed by atoms with Crippen LogP contribution in [-0.2, 0) is 0 Å². The number of carbonyl (C=O) groups is 1. The summed E-state index contributed by atoms with van der Waals surface area (Å²) < 4.78 is 31.8.